The van der Waals surface area contributed by atoms with Crippen molar-refractivity contribution >= 4 is 40.2 Å². The maximum Gasteiger partial charge on any atom is 0.416 e. The van der Waals surface area contributed by atoms with Crippen molar-refractivity contribution in [2.45, 2.75) is 11.1 Å². The summed E-state index contributed by atoms with van der Waals surface area (Å²) >= 11 is 2.68. The van der Waals surface area contributed by atoms with Crippen molar-refractivity contribution in [2.24, 2.45) is 0 Å². The third-order valence-electron chi connectivity index (χ3n) is 2.16. The van der Waals surface area contributed by atoms with Crippen LogP contribution in [0.15, 0.2) is 4.21 Å². The van der Waals surface area contributed by atoms with Crippen LogP contribution in [0, 0.1) is 6.92 Å². The molecule has 0 spiro atoms. The molecule has 6 nitrogen and oxygen atoms in total. The predicted molar refractivity (Wildman–Crippen MR) is 65.0 cm³/mol. The van der Waals surface area contributed by atoms with Crippen LogP contribution in [0.1, 0.15) is 5.69 Å². The molecule has 17 heavy (non-hydrogen) atoms. The summed E-state index contributed by atoms with van der Waals surface area (Å²) in [6.45, 7) is 2.45. The molecule has 0 saturated carbocycles. The molecule has 0 bridgehead atoms. The second kappa shape index (κ2) is 4.92. The molecule has 2 amide bonds. The Labute approximate surface area is 106 Å². The summed E-state index contributed by atoms with van der Waals surface area (Å²) in [4.78, 5) is 28.0. The molecule has 0 aromatic carbocycles. The maximum atomic E-state index is 11.7. The monoisotopic (exact) mass is 273 g/mol. The Morgan fingerprint density at radius 3 is 3.00 bits per heavy atom. The smallest absolute Gasteiger partial charge is 0.416 e. The average Bonchev–Trinajstić information content (AvgIpc) is 2.81. The minimum atomic E-state index is -0.559. The lowest BCUT2D eigenvalue weighted by Gasteiger charge is -2.09. The highest BCUT2D eigenvalue weighted by Crippen LogP contribution is 2.30. The van der Waals surface area contributed by atoms with Crippen LogP contribution < -0.4 is 5.73 Å². The van der Waals surface area contributed by atoms with Gasteiger partial charge in [-0.3, -0.25) is 4.79 Å². The van der Waals surface area contributed by atoms with Crippen molar-refractivity contribution in [2.75, 3.05) is 24.6 Å². The number of nitrogens with two attached hydrogens (primary N) is 1. The number of cyclic esters (lactones) is 1. The molecule has 0 radical (unpaired) electrons. The Kier molecular flexibility index (Phi) is 3.53. The standard InChI is InChI=1S/C9H11N3O3S2/c1-5-7(17-8(10)11-5)16-4-6(13)12-2-3-15-9(12)14/h2-4H2,1H3,(H2,10,11). The molecule has 92 valence electrons. The molecular weight excluding hydrogens is 262 g/mol. The lowest BCUT2D eigenvalue weighted by Crippen LogP contribution is -2.32. The number of aryl methyl sites for hydroxylation is 1. The number of thioether (sulfide) groups is 1. The van der Waals surface area contributed by atoms with Gasteiger partial charge in [-0.25, -0.2) is 14.7 Å². The molecule has 1 aliphatic rings. The Balaban J connectivity index is 1.92. The van der Waals surface area contributed by atoms with E-state index in [0.29, 0.717) is 11.7 Å². The summed E-state index contributed by atoms with van der Waals surface area (Å²) in [5.41, 5.74) is 6.37. The number of rotatable bonds is 3. The van der Waals surface area contributed by atoms with Gasteiger partial charge in [-0.15, -0.1) is 11.8 Å². The summed E-state index contributed by atoms with van der Waals surface area (Å²) in [6.07, 6.45) is -0.559. The van der Waals surface area contributed by atoms with Crippen LogP contribution in [-0.4, -0.2) is 40.8 Å². The van der Waals surface area contributed by atoms with Gasteiger partial charge in [0.2, 0.25) is 5.91 Å². The fourth-order valence-electron chi connectivity index (χ4n) is 1.36. The molecule has 1 fully saturated rings. The van der Waals surface area contributed by atoms with Crippen molar-refractivity contribution in [1.82, 2.24) is 9.88 Å². The first kappa shape index (κ1) is 12.2. The third kappa shape index (κ3) is 2.70. The fourth-order valence-corrected chi connectivity index (χ4v) is 3.26. The minimum Gasteiger partial charge on any atom is -0.447 e. The van der Waals surface area contributed by atoms with Gasteiger partial charge in [0.1, 0.15) is 6.61 Å². The van der Waals surface area contributed by atoms with E-state index < -0.39 is 6.09 Å². The molecule has 1 saturated heterocycles. The van der Waals surface area contributed by atoms with Gasteiger partial charge in [-0.1, -0.05) is 11.3 Å². The van der Waals surface area contributed by atoms with E-state index in [9.17, 15) is 9.59 Å². The first-order chi connectivity index (χ1) is 8.08. The van der Waals surface area contributed by atoms with Gasteiger partial charge in [-0.05, 0) is 6.92 Å². The zero-order valence-electron chi connectivity index (χ0n) is 9.13. The first-order valence-corrected chi connectivity index (χ1v) is 6.71. The van der Waals surface area contributed by atoms with E-state index in [2.05, 4.69) is 4.98 Å². The number of nitrogens with zero attached hydrogens (tertiary/aromatic N) is 2. The van der Waals surface area contributed by atoms with Crippen LogP contribution >= 0.6 is 23.1 Å². The van der Waals surface area contributed by atoms with Crippen molar-refractivity contribution in [3.05, 3.63) is 5.69 Å². The van der Waals surface area contributed by atoms with Gasteiger partial charge in [0.05, 0.1) is 22.2 Å². The van der Waals surface area contributed by atoms with Crippen molar-refractivity contribution < 1.29 is 14.3 Å². The zero-order chi connectivity index (χ0) is 12.4. The Morgan fingerprint density at radius 1 is 1.71 bits per heavy atom. The molecular formula is C9H11N3O3S2. The summed E-state index contributed by atoms with van der Waals surface area (Å²) in [5, 5.41) is 0.484. The van der Waals surface area contributed by atoms with Crippen LogP contribution in [0.3, 0.4) is 0 Å². The Bertz CT molecular complexity index is 460. The second-order valence-electron chi connectivity index (χ2n) is 3.37. The number of hydrogen-bond donors (Lipinski definition) is 1. The van der Waals surface area contributed by atoms with E-state index in [-0.39, 0.29) is 18.3 Å². The van der Waals surface area contributed by atoms with Crippen molar-refractivity contribution in [3.63, 3.8) is 0 Å². The normalized spacial score (nSPS) is 15.1. The largest absolute Gasteiger partial charge is 0.447 e. The van der Waals surface area contributed by atoms with Gasteiger partial charge >= 0.3 is 6.09 Å². The lowest BCUT2D eigenvalue weighted by molar-refractivity contribution is -0.124. The number of carbonyl (C=O) groups is 2. The SMILES string of the molecule is Cc1nc(N)sc1SCC(=O)N1CCOC1=O. The van der Waals surface area contributed by atoms with Gasteiger partial charge in [0.15, 0.2) is 5.13 Å². The Morgan fingerprint density at radius 2 is 2.47 bits per heavy atom. The molecule has 2 heterocycles. The van der Waals surface area contributed by atoms with Crippen LogP contribution in [0.2, 0.25) is 0 Å². The number of anilines is 1. The molecule has 1 aromatic rings. The van der Waals surface area contributed by atoms with Gasteiger partial charge in [-0.2, -0.15) is 0 Å². The van der Waals surface area contributed by atoms with Crippen LogP contribution in [0.5, 0.6) is 0 Å². The number of nitrogen functional groups attached to an aromatic ring is 1. The van der Waals surface area contributed by atoms with Crippen LogP contribution in [0.4, 0.5) is 9.93 Å². The average molecular weight is 273 g/mol. The molecule has 2 rings (SSSR count). The number of aromatic nitrogens is 1. The number of imide groups is 1. The molecule has 1 aromatic heterocycles. The molecule has 2 N–H and O–H groups in total. The summed E-state index contributed by atoms with van der Waals surface area (Å²) < 4.78 is 5.60. The van der Waals surface area contributed by atoms with E-state index >= 15 is 0 Å². The van der Waals surface area contributed by atoms with E-state index in [0.717, 1.165) is 14.8 Å². The van der Waals surface area contributed by atoms with E-state index in [4.69, 9.17) is 10.5 Å². The molecule has 0 unspecified atom stereocenters. The summed E-state index contributed by atoms with van der Waals surface area (Å²) in [6, 6.07) is 0. The highest BCUT2D eigenvalue weighted by molar-refractivity contribution is 8.01. The van der Waals surface area contributed by atoms with Crippen LogP contribution in [-0.2, 0) is 9.53 Å². The van der Waals surface area contributed by atoms with Gasteiger partial charge in [0, 0.05) is 0 Å². The maximum absolute atomic E-state index is 11.7. The lowest BCUT2D eigenvalue weighted by atomic mass is 10.5. The number of amides is 2. The summed E-state index contributed by atoms with van der Waals surface area (Å²) in [7, 11) is 0. The predicted octanol–water partition coefficient (Wildman–Crippen LogP) is 1.10. The topological polar surface area (TPSA) is 85.5 Å². The quantitative estimate of drug-likeness (QED) is 0.830. The van der Waals surface area contributed by atoms with Crippen molar-refractivity contribution in [3.8, 4) is 0 Å². The van der Waals surface area contributed by atoms with E-state index in [1.54, 1.807) is 0 Å². The van der Waals surface area contributed by atoms with Crippen molar-refractivity contribution in [1.29, 1.82) is 0 Å². The number of ether oxygens (including phenoxy) is 1. The number of hydrogen-bond acceptors (Lipinski definition) is 7. The van der Waals surface area contributed by atoms with Gasteiger partial charge in [0.25, 0.3) is 0 Å². The molecule has 0 aliphatic carbocycles. The minimum absolute atomic E-state index is 0.192. The second-order valence-corrected chi connectivity index (χ2v) is 5.65. The first-order valence-electron chi connectivity index (χ1n) is 4.90. The summed E-state index contributed by atoms with van der Waals surface area (Å²) in [5.74, 6) is -0.0544. The third-order valence-corrected chi connectivity index (χ3v) is 4.49. The number of thiazole rings is 1. The molecule has 0 atom stereocenters. The van der Waals surface area contributed by atoms with E-state index in [1.165, 1.54) is 23.1 Å². The highest BCUT2D eigenvalue weighted by atomic mass is 32.2. The number of carbonyl (C=O) groups excluding carboxylic acids is 2. The molecule has 8 heteroatoms. The highest BCUT2D eigenvalue weighted by Gasteiger charge is 2.28. The van der Waals surface area contributed by atoms with Crippen LogP contribution in [0.25, 0.3) is 0 Å². The van der Waals surface area contributed by atoms with Gasteiger partial charge < -0.3 is 10.5 Å². The Hall–Kier alpha value is -1.28. The molecule has 1 aliphatic heterocycles. The van der Waals surface area contributed by atoms with E-state index in [1.807, 2.05) is 6.92 Å². The zero-order valence-corrected chi connectivity index (χ0v) is 10.8. The fraction of sp³-hybridized carbons (Fsp3) is 0.444.